The molecule has 0 aliphatic heterocycles. The van der Waals surface area contributed by atoms with Crippen LogP contribution in [0.1, 0.15) is 15.9 Å². The van der Waals surface area contributed by atoms with Crippen LogP contribution in [0, 0.1) is 6.92 Å². The smallest absolute Gasteiger partial charge is 0.252 e. The molecule has 1 amide bonds. The van der Waals surface area contributed by atoms with Crippen molar-refractivity contribution in [1.29, 1.82) is 0 Å². The lowest BCUT2D eigenvalue weighted by Crippen LogP contribution is -2.49. The van der Waals surface area contributed by atoms with Gasteiger partial charge in [-0.05, 0) is 42.0 Å². The predicted octanol–water partition coefficient (Wildman–Crippen LogP) is 5.69. The fraction of sp³-hybridized carbons (Fsp3) is 0.150. The lowest BCUT2D eigenvalue weighted by Gasteiger charge is -2.27. The topological polar surface area (TPSA) is 41.1 Å². The number of nitrogens with one attached hydrogen (secondary N) is 2. The number of alkyl halides is 3. The Balaban J connectivity index is 1.82. The summed E-state index contributed by atoms with van der Waals surface area (Å²) in [6.07, 6.45) is -0.901. The molecule has 6 heteroatoms. The first-order valence-electron chi connectivity index (χ1n) is 8.02. The molecule has 1 unspecified atom stereocenters. The Kier molecular flexibility index (Phi) is 5.61. The van der Waals surface area contributed by atoms with Gasteiger partial charge in [-0.1, -0.05) is 82.8 Å². The van der Waals surface area contributed by atoms with E-state index in [4.69, 9.17) is 34.8 Å². The maximum atomic E-state index is 12.5. The molecule has 26 heavy (non-hydrogen) atoms. The zero-order chi connectivity index (χ0) is 18.7. The number of anilines is 1. The van der Waals surface area contributed by atoms with Crippen molar-refractivity contribution in [2.75, 3.05) is 5.32 Å². The Hall–Kier alpha value is -1.94. The molecule has 0 aliphatic carbocycles. The minimum Gasteiger partial charge on any atom is -0.362 e. The molecule has 0 bridgehead atoms. The minimum absolute atomic E-state index is 0.321. The van der Waals surface area contributed by atoms with Gasteiger partial charge < -0.3 is 10.6 Å². The van der Waals surface area contributed by atoms with Gasteiger partial charge in [0.25, 0.3) is 5.91 Å². The van der Waals surface area contributed by atoms with Gasteiger partial charge in [0, 0.05) is 11.3 Å². The molecule has 3 nitrogen and oxygen atoms in total. The molecule has 2 N–H and O–H groups in total. The van der Waals surface area contributed by atoms with E-state index in [-0.39, 0.29) is 5.91 Å². The van der Waals surface area contributed by atoms with E-state index in [2.05, 4.69) is 10.6 Å². The van der Waals surface area contributed by atoms with Crippen molar-refractivity contribution in [3.8, 4) is 0 Å². The van der Waals surface area contributed by atoms with Crippen LogP contribution in [0.4, 0.5) is 5.69 Å². The molecular formula is C20H17Cl3N2O. The Labute approximate surface area is 167 Å². The van der Waals surface area contributed by atoms with Crippen LogP contribution in [0.25, 0.3) is 10.8 Å². The van der Waals surface area contributed by atoms with Crippen LogP contribution in [0.3, 0.4) is 0 Å². The molecule has 0 fully saturated rings. The molecule has 3 aromatic rings. The quantitative estimate of drug-likeness (QED) is 0.431. The van der Waals surface area contributed by atoms with Gasteiger partial charge in [-0.25, -0.2) is 0 Å². The first kappa shape index (κ1) is 18.8. The van der Waals surface area contributed by atoms with E-state index in [9.17, 15) is 4.79 Å². The van der Waals surface area contributed by atoms with Crippen molar-refractivity contribution >= 4 is 57.2 Å². The number of halogens is 3. The van der Waals surface area contributed by atoms with Crippen molar-refractivity contribution in [1.82, 2.24) is 5.32 Å². The molecule has 0 aromatic heterocycles. The van der Waals surface area contributed by atoms with E-state index in [1.165, 1.54) is 0 Å². The van der Waals surface area contributed by atoms with Gasteiger partial charge in [-0.3, -0.25) is 4.79 Å². The molecule has 0 spiro atoms. The molecule has 3 rings (SSSR count). The molecule has 0 saturated heterocycles. The molecule has 134 valence electrons. The summed E-state index contributed by atoms with van der Waals surface area (Å²) in [6.45, 7) is 1.91. The number of carbonyl (C=O) groups excluding carboxylic acids is 1. The lowest BCUT2D eigenvalue weighted by molar-refractivity contribution is 0.0941. The summed E-state index contributed by atoms with van der Waals surface area (Å²) in [5.74, 6) is -0.321. The largest absolute Gasteiger partial charge is 0.362 e. The summed E-state index contributed by atoms with van der Waals surface area (Å²) in [6, 6.07) is 21.0. The fourth-order valence-corrected chi connectivity index (χ4v) is 2.97. The van der Waals surface area contributed by atoms with Crippen LogP contribution in [0.2, 0.25) is 0 Å². The summed E-state index contributed by atoms with van der Waals surface area (Å²) < 4.78 is -1.73. The number of benzene rings is 3. The average Bonchev–Trinajstić information content (AvgIpc) is 2.60. The van der Waals surface area contributed by atoms with Gasteiger partial charge in [0.15, 0.2) is 0 Å². The lowest BCUT2D eigenvalue weighted by atomic mass is 10.1. The third kappa shape index (κ3) is 4.61. The normalized spacial score (nSPS) is 12.6. The second-order valence-corrected chi connectivity index (χ2v) is 8.39. The number of rotatable bonds is 4. The highest BCUT2D eigenvalue weighted by atomic mass is 35.6. The monoisotopic (exact) mass is 406 g/mol. The standard InChI is InChI=1S/C20H17Cl3N2O/c1-13-5-4-8-16(11-13)18(26)25-19(20(21,22)23)24-17-10-9-14-6-2-3-7-15(14)12-17/h2-12,19,24H,1H3,(H,25,26). The number of carbonyl (C=O) groups is 1. The molecule has 3 aromatic carbocycles. The molecule has 0 saturated carbocycles. The molecule has 1 atom stereocenters. The first-order chi connectivity index (χ1) is 12.3. The highest BCUT2D eigenvalue weighted by Crippen LogP contribution is 2.32. The van der Waals surface area contributed by atoms with Crippen LogP contribution in [-0.4, -0.2) is 15.9 Å². The van der Waals surface area contributed by atoms with Gasteiger partial charge in [0.1, 0.15) is 6.17 Å². The van der Waals surface area contributed by atoms with E-state index in [0.717, 1.165) is 22.0 Å². The molecule has 0 radical (unpaired) electrons. The zero-order valence-corrected chi connectivity index (χ0v) is 16.2. The number of aryl methyl sites for hydroxylation is 1. The third-order valence-electron chi connectivity index (χ3n) is 3.94. The Bertz CT molecular complexity index is 937. The Morgan fingerprint density at radius 1 is 0.923 bits per heavy atom. The second kappa shape index (κ2) is 7.75. The predicted molar refractivity (Wildman–Crippen MR) is 110 cm³/mol. The van der Waals surface area contributed by atoms with Gasteiger partial charge in [0.05, 0.1) is 0 Å². The second-order valence-electron chi connectivity index (χ2n) is 6.02. The van der Waals surface area contributed by atoms with E-state index in [1.807, 2.05) is 61.5 Å². The first-order valence-corrected chi connectivity index (χ1v) is 9.16. The van der Waals surface area contributed by atoms with E-state index >= 15 is 0 Å². The summed E-state index contributed by atoms with van der Waals surface area (Å²) >= 11 is 18.3. The maximum absolute atomic E-state index is 12.5. The Morgan fingerprint density at radius 2 is 1.65 bits per heavy atom. The molecule has 0 aliphatic rings. The molecular weight excluding hydrogens is 391 g/mol. The van der Waals surface area contributed by atoms with Gasteiger partial charge in [-0.15, -0.1) is 0 Å². The van der Waals surface area contributed by atoms with Crippen molar-refractivity contribution in [2.24, 2.45) is 0 Å². The van der Waals surface area contributed by atoms with Crippen LogP contribution in [0.5, 0.6) is 0 Å². The van der Waals surface area contributed by atoms with Gasteiger partial charge >= 0.3 is 0 Å². The summed E-state index contributed by atoms with van der Waals surface area (Å²) in [4.78, 5) is 12.5. The number of amides is 1. The van der Waals surface area contributed by atoms with Crippen molar-refractivity contribution in [3.05, 3.63) is 77.9 Å². The van der Waals surface area contributed by atoms with E-state index in [0.29, 0.717) is 5.56 Å². The molecule has 0 heterocycles. The SMILES string of the molecule is Cc1cccc(C(=O)NC(Nc2ccc3ccccc3c2)C(Cl)(Cl)Cl)c1. The van der Waals surface area contributed by atoms with Gasteiger partial charge in [-0.2, -0.15) is 0 Å². The summed E-state index contributed by atoms with van der Waals surface area (Å²) in [7, 11) is 0. The van der Waals surface area contributed by atoms with Crippen LogP contribution in [-0.2, 0) is 0 Å². The fourth-order valence-electron chi connectivity index (χ4n) is 2.65. The highest BCUT2D eigenvalue weighted by Gasteiger charge is 2.34. The number of hydrogen-bond donors (Lipinski definition) is 2. The van der Waals surface area contributed by atoms with Crippen molar-refractivity contribution < 1.29 is 4.79 Å². The maximum Gasteiger partial charge on any atom is 0.252 e. The van der Waals surface area contributed by atoms with Crippen molar-refractivity contribution in [3.63, 3.8) is 0 Å². The van der Waals surface area contributed by atoms with Crippen LogP contribution >= 0.6 is 34.8 Å². The number of fused-ring (bicyclic) bond motifs is 1. The minimum atomic E-state index is -1.73. The van der Waals surface area contributed by atoms with Gasteiger partial charge in [0.2, 0.25) is 3.79 Å². The number of hydrogen-bond acceptors (Lipinski definition) is 2. The van der Waals surface area contributed by atoms with Crippen molar-refractivity contribution in [2.45, 2.75) is 16.9 Å². The highest BCUT2D eigenvalue weighted by molar-refractivity contribution is 6.68. The Morgan fingerprint density at radius 3 is 2.35 bits per heavy atom. The zero-order valence-electron chi connectivity index (χ0n) is 14.0. The van der Waals surface area contributed by atoms with Crippen LogP contribution in [0.15, 0.2) is 66.7 Å². The third-order valence-corrected chi connectivity index (χ3v) is 4.60. The summed E-state index contributed by atoms with van der Waals surface area (Å²) in [5.41, 5.74) is 2.22. The van der Waals surface area contributed by atoms with E-state index < -0.39 is 9.96 Å². The van der Waals surface area contributed by atoms with Crippen LogP contribution < -0.4 is 10.6 Å². The average molecular weight is 408 g/mol. The summed E-state index contributed by atoms with van der Waals surface area (Å²) in [5, 5.41) is 8.00. The van der Waals surface area contributed by atoms with E-state index in [1.54, 1.807) is 12.1 Å².